The van der Waals surface area contributed by atoms with Crippen molar-refractivity contribution in [1.29, 1.82) is 0 Å². The zero-order valence-electron chi connectivity index (χ0n) is 23.7. The van der Waals surface area contributed by atoms with Crippen molar-refractivity contribution in [3.63, 3.8) is 0 Å². The van der Waals surface area contributed by atoms with E-state index < -0.39 is 0 Å². The number of hydrogen-bond donors (Lipinski definition) is 0. The van der Waals surface area contributed by atoms with Gasteiger partial charge in [0.15, 0.2) is 11.6 Å². The molecule has 5 nitrogen and oxygen atoms in total. The topological polar surface area (TPSA) is 48.5 Å². The van der Waals surface area contributed by atoms with E-state index in [9.17, 15) is 0 Å². The van der Waals surface area contributed by atoms with Crippen molar-refractivity contribution in [1.82, 2.24) is 24.1 Å². The highest BCUT2D eigenvalue weighted by Gasteiger charge is 2.16. The molecule has 3 heterocycles. The lowest BCUT2D eigenvalue weighted by atomic mass is 10.0. The monoisotopic (exact) mass is 563 g/mol. The molecule has 9 aromatic rings. The summed E-state index contributed by atoms with van der Waals surface area (Å²) in [4.78, 5) is 14.8. The maximum absolute atomic E-state index is 4.97. The normalized spacial score (nSPS) is 11.6. The minimum atomic E-state index is 0.591. The summed E-state index contributed by atoms with van der Waals surface area (Å²) in [6, 6.07) is 50.7. The first-order valence-electron chi connectivity index (χ1n) is 14.7. The lowest BCUT2D eigenvalue weighted by Gasteiger charge is -2.10. The van der Waals surface area contributed by atoms with Crippen LogP contribution >= 0.6 is 0 Å². The number of nitrogens with zero attached hydrogens (tertiary/aromatic N) is 5. The molecule has 0 N–H and O–H groups in total. The van der Waals surface area contributed by atoms with Crippen LogP contribution in [-0.2, 0) is 0 Å². The predicted molar refractivity (Wildman–Crippen MR) is 179 cm³/mol. The molecule has 0 atom stereocenters. The summed E-state index contributed by atoms with van der Waals surface area (Å²) in [7, 11) is 0. The quantitative estimate of drug-likeness (QED) is 0.214. The van der Waals surface area contributed by atoms with Crippen molar-refractivity contribution in [3.05, 3.63) is 152 Å². The molecule has 0 saturated heterocycles. The first-order chi connectivity index (χ1) is 21.8. The average Bonchev–Trinajstić information content (AvgIpc) is 3.65. The van der Waals surface area contributed by atoms with Crippen LogP contribution in [0.5, 0.6) is 0 Å². The molecule has 0 unspecified atom stereocenters. The smallest absolute Gasteiger partial charge is 0.238 e. The zero-order chi connectivity index (χ0) is 29.0. The summed E-state index contributed by atoms with van der Waals surface area (Å²) in [5, 5.41) is 5.95. The SMILES string of the molecule is c1ccc(-c2nc(-c3ccccc3)nc(-n3ccc4cc5cc6c(cc5cc43)c3ccccc3n6-c3ccccc3)n2)cc1. The third-order valence-corrected chi connectivity index (χ3v) is 8.36. The molecule has 0 aliphatic rings. The van der Waals surface area contributed by atoms with E-state index in [0.29, 0.717) is 17.6 Å². The Morgan fingerprint density at radius 1 is 0.409 bits per heavy atom. The van der Waals surface area contributed by atoms with Crippen molar-refractivity contribution < 1.29 is 0 Å². The predicted octanol–water partition coefficient (Wildman–Crippen LogP) is 9.40. The molecule has 0 aliphatic heterocycles. The molecule has 3 aromatic heterocycles. The van der Waals surface area contributed by atoms with Crippen molar-refractivity contribution in [2.45, 2.75) is 0 Å². The molecule has 44 heavy (non-hydrogen) atoms. The van der Waals surface area contributed by atoms with E-state index in [0.717, 1.165) is 27.7 Å². The summed E-state index contributed by atoms with van der Waals surface area (Å²) in [6.07, 6.45) is 2.06. The van der Waals surface area contributed by atoms with Gasteiger partial charge in [0.05, 0.1) is 16.6 Å². The molecule has 206 valence electrons. The van der Waals surface area contributed by atoms with E-state index in [2.05, 4.69) is 100 Å². The Labute approximate surface area is 253 Å². The number of rotatable bonds is 4. The van der Waals surface area contributed by atoms with Crippen LogP contribution in [0.25, 0.3) is 77.9 Å². The van der Waals surface area contributed by atoms with Gasteiger partial charge in [0, 0.05) is 39.2 Å². The van der Waals surface area contributed by atoms with Gasteiger partial charge < -0.3 is 4.57 Å². The summed E-state index contributed by atoms with van der Waals surface area (Å²) in [5.41, 5.74) is 6.50. The number of benzene rings is 6. The summed E-state index contributed by atoms with van der Waals surface area (Å²) in [6.45, 7) is 0. The lowest BCUT2D eigenvalue weighted by Crippen LogP contribution is -2.05. The second-order valence-electron chi connectivity index (χ2n) is 11.0. The van der Waals surface area contributed by atoms with Crippen LogP contribution in [0.3, 0.4) is 0 Å². The maximum Gasteiger partial charge on any atom is 0.238 e. The third-order valence-electron chi connectivity index (χ3n) is 8.36. The molecule has 0 saturated carbocycles. The second kappa shape index (κ2) is 9.75. The van der Waals surface area contributed by atoms with E-state index in [-0.39, 0.29) is 0 Å². The Kier molecular flexibility index (Phi) is 5.43. The molecular weight excluding hydrogens is 538 g/mol. The second-order valence-corrected chi connectivity index (χ2v) is 11.0. The van der Waals surface area contributed by atoms with Crippen molar-refractivity contribution in [2.24, 2.45) is 0 Å². The summed E-state index contributed by atoms with van der Waals surface area (Å²) < 4.78 is 4.44. The highest BCUT2D eigenvalue weighted by molar-refractivity contribution is 6.15. The van der Waals surface area contributed by atoms with Crippen molar-refractivity contribution in [2.75, 3.05) is 0 Å². The van der Waals surface area contributed by atoms with Crippen molar-refractivity contribution in [3.8, 4) is 34.4 Å². The number of fused-ring (bicyclic) bond motifs is 5. The zero-order valence-corrected chi connectivity index (χ0v) is 23.7. The van der Waals surface area contributed by atoms with Crippen LogP contribution in [0, 0.1) is 0 Å². The van der Waals surface area contributed by atoms with Gasteiger partial charge in [-0.15, -0.1) is 0 Å². The Bertz CT molecular complexity index is 2420. The van der Waals surface area contributed by atoms with Crippen LogP contribution < -0.4 is 0 Å². The molecule has 9 rings (SSSR count). The highest BCUT2D eigenvalue weighted by atomic mass is 15.2. The van der Waals surface area contributed by atoms with E-state index >= 15 is 0 Å². The molecule has 0 spiro atoms. The molecule has 0 radical (unpaired) electrons. The van der Waals surface area contributed by atoms with Gasteiger partial charge in [0.25, 0.3) is 0 Å². The summed E-state index contributed by atoms with van der Waals surface area (Å²) in [5.74, 6) is 1.88. The number of para-hydroxylation sites is 2. The Balaban J connectivity index is 1.27. The molecule has 0 aliphatic carbocycles. The third kappa shape index (κ3) is 3.91. The first-order valence-corrected chi connectivity index (χ1v) is 14.7. The van der Waals surface area contributed by atoms with Crippen molar-refractivity contribution >= 4 is 43.5 Å². The molecular formula is C39H25N5. The maximum atomic E-state index is 4.97. The molecule has 0 amide bonds. The van der Waals surface area contributed by atoms with Crippen LogP contribution in [0.15, 0.2) is 152 Å². The first kappa shape index (κ1) is 24.5. The van der Waals surface area contributed by atoms with Crippen LogP contribution in [0.2, 0.25) is 0 Å². The van der Waals surface area contributed by atoms with Gasteiger partial charge in [-0.3, -0.25) is 4.57 Å². The number of aromatic nitrogens is 5. The molecule has 6 aromatic carbocycles. The highest BCUT2D eigenvalue weighted by Crippen LogP contribution is 2.36. The van der Waals surface area contributed by atoms with Crippen LogP contribution in [0.4, 0.5) is 0 Å². The Hall–Kier alpha value is -6.07. The van der Waals surface area contributed by atoms with E-state index in [1.165, 1.54) is 32.6 Å². The van der Waals surface area contributed by atoms with E-state index in [1.807, 2.05) is 60.7 Å². The largest absolute Gasteiger partial charge is 0.309 e. The lowest BCUT2D eigenvalue weighted by molar-refractivity contribution is 0.934. The van der Waals surface area contributed by atoms with Gasteiger partial charge in [-0.1, -0.05) is 97.1 Å². The molecule has 5 heteroatoms. The fourth-order valence-corrected chi connectivity index (χ4v) is 6.28. The minimum Gasteiger partial charge on any atom is -0.309 e. The molecule has 0 fully saturated rings. The van der Waals surface area contributed by atoms with E-state index in [4.69, 9.17) is 15.0 Å². The van der Waals surface area contributed by atoms with Gasteiger partial charge in [0.2, 0.25) is 5.95 Å². The number of hydrogen-bond acceptors (Lipinski definition) is 3. The fraction of sp³-hybridized carbons (Fsp3) is 0. The summed E-state index contributed by atoms with van der Waals surface area (Å²) >= 11 is 0. The minimum absolute atomic E-state index is 0.591. The fourth-order valence-electron chi connectivity index (χ4n) is 6.28. The van der Waals surface area contributed by atoms with Crippen LogP contribution in [-0.4, -0.2) is 24.1 Å². The Morgan fingerprint density at radius 3 is 1.70 bits per heavy atom. The molecule has 0 bridgehead atoms. The van der Waals surface area contributed by atoms with Gasteiger partial charge in [-0.25, -0.2) is 4.98 Å². The van der Waals surface area contributed by atoms with Gasteiger partial charge in [0.1, 0.15) is 0 Å². The van der Waals surface area contributed by atoms with Gasteiger partial charge >= 0.3 is 0 Å². The van der Waals surface area contributed by atoms with E-state index in [1.54, 1.807) is 0 Å². The standard InChI is InChI=1S/C39H25N5/c1-4-12-26(13-5-1)37-40-38(27-14-6-2-7-15-27)42-39(41-37)43-21-20-28-22-29-25-36-33(23-30(29)24-35(28)43)32-18-10-11-19-34(32)44(36)31-16-8-3-9-17-31/h1-25H. The Morgan fingerprint density at radius 2 is 1.00 bits per heavy atom. The average molecular weight is 564 g/mol. The van der Waals surface area contributed by atoms with Gasteiger partial charge in [-0.05, 0) is 59.3 Å². The van der Waals surface area contributed by atoms with Crippen LogP contribution in [0.1, 0.15) is 0 Å². The van der Waals surface area contributed by atoms with Gasteiger partial charge in [-0.2, -0.15) is 9.97 Å².